The highest BCUT2D eigenvalue weighted by molar-refractivity contribution is 9.10. The summed E-state index contributed by atoms with van der Waals surface area (Å²) in [7, 11) is -3.30. The zero-order valence-corrected chi connectivity index (χ0v) is 14.9. The predicted molar refractivity (Wildman–Crippen MR) is 88.4 cm³/mol. The Bertz CT molecular complexity index is 633. The Hall–Kier alpha value is -0.180. The maximum absolute atomic E-state index is 12.6. The molecule has 0 radical (unpaired) electrons. The van der Waals surface area contributed by atoms with Crippen LogP contribution in [0, 0.1) is 0 Å². The lowest BCUT2D eigenvalue weighted by Gasteiger charge is -2.34. The van der Waals surface area contributed by atoms with Gasteiger partial charge in [0.1, 0.15) is 5.37 Å². The fourth-order valence-corrected chi connectivity index (χ4v) is 5.43. The Kier molecular flexibility index (Phi) is 5.09. The maximum Gasteiger partial charge on any atom is 0.256 e. The molecule has 1 aliphatic rings. The molecule has 1 aliphatic heterocycles. The highest BCUT2D eigenvalue weighted by Crippen LogP contribution is 2.26. The zero-order valence-electron chi connectivity index (χ0n) is 10.7. The number of carbonyl (C=O) groups is 1. The van der Waals surface area contributed by atoms with E-state index in [9.17, 15) is 13.2 Å². The van der Waals surface area contributed by atoms with Crippen molar-refractivity contribution in [1.82, 2.24) is 4.90 Å². The third-order valence-electron chi connectivity index (χ3n) is 3.02. The predicted octanol–water partition coefficient (Wildman–Crippen LogP) is 2.30. The quantitative estimate of drug-likeness (QED) is 0.780. The van der Waals surface area contributed by atoms with E-state index in [1.165, 1.54) is 11.2 Å². The van der Waals surface area contributed by atoms with Gasteiger partial charge >= 0.3 is 0 Å². The van der Waals surface area contributed by atoms with Gasteiger partial charge in [-0.1, -0.05) is 0 Å². The standard InChI is InChI=1S/C12H14BrNO3S3/c1-20(16,17)11-7-19-5-4-14(11)12(15)9-6-8(18)2-3-10(9)13/h2-3,6,11,18H,4-5,7H2,1H3. The van der Waals surface area contributed by atoms with Gasteiger partial charge in [0.2, 0.25) is 0 Å². The van der Waals surface area contributed by atoms with E-state index in [2.05, 4.69) is 28.6 Å². The second kappa shape index (κ2) is 6.29. The number of thioether (sulfide) groups is 1. The minimum absolute atomic E-state index is 0.275. The summed E-state index contributed by atoms with van der Waals surface area (Å²) in [5, 5.41) is -0.760. The van der Waals surface area contributed by atoms with Crippen LogP contribution in [0.2, 0.25) is 0 Å². The molecule has 0 aliphatic carbocycles. The largest absolute Gasteiger partial charge is 0.320 e. The molecule has 2 rings (SSSR count). The van der Waals surface area contributed by atoms with Crippen molar-refractivity contribution in [2.24, 2.45) is 0 Å². The van der Waals surface area contributed by atoms with Crippen LogP contribution in [-0.4, -0.2) is 48.9 Å². The molecule has 1 aromatic carbocycles. The minimum Gasteiger partial charge on any atom is -0.320 e. The van der Waals surface area contributed by atoms with Crippen LogP contribution in [0.25, 0.3) is 0 Å². The number of rotatable bonds is 2. The fraction of sp³-hybridized carbons (Fsp3) is 0.417. The normalized spacial score (nSPS) is 19.9. The van der Waals surface area contributed by atoms with Gasteiger partial charge in [0.15, 0.2) is 9.84 Å². The first kappa shape index (κ1) is 16.2. The SMILES string of the molecule is CS(=O)(=O)C1CSCCN1C(=O)c1cc(S)ccc1Br. The van der Waals surface area contributed by atoms with E-state index in [0.29, 0.717) is 27.2 Å². The van der Waals surface area contributed by atoms with E-state index in [0.717, 1.165) is 5.75 Å². The molecule has 0 saturated carbocycles. The number of hydrogen-bond donors (Lipinski definition) is 1. The first-order valence-electron chi connectivity index (χ1n) is 5.87. The second-order valence-corrected chi connectivity index (χ2v) is 9.25. The summed E-state index contributed by atoms with van der Waals surface area (Å²) in [5.41, 5.74) is 0.443. The summed E-state index contributed by atoms with van der Waals surface area (Å²) in [5.74, 6) is 0.891. The van der Waals surface area contributed by atoms with Gasteiger partial charge in [0.05, 0.1) is 5.56 Å². The monoisotopic (exact) mass is 395 g/mol. The van der Waals surface area contributed by atoms with Gasteiger partial charge in [-0.05, 0) is 34.1 Å². The summed E-state index contributed by atoms with van der Waals surface area (Å²) in [6, 6.07) is 5.16. The zero-order chi connectivity index (χ0) is 14.9. The van der Waals surface area contributed by atoms with Crippen LogP contribution in [0.1, 0.15) is 10.4 Å². The van der Waals surface area contributed by atoms with Gasteiger partial charge in [-0.25, -0.2) is 8.42 Å². The number of nitrogens with zero attached hydrogens (tertiary/aromatic N) is 1. The van der Waals surface area contributed by atoms with E-state index in [1.54, 1.807) is 30.0 Å². The molecule has 1 atom stereocenters. The average molecular weight is 396 g/mol. The second-order valence-electron chi connectivity index (χ2n) is 4.52. The lowest BCUT2D eigenvalue weighted by atomic mass is 10.2. The molecule has 0 bridgehead atoms. The van der Waals surface area contributed by atoms with Crippen molar-refractivity contribution in [2.75, 3.05) is 24.3 Å². The van der Waals surface area contributed by atoms with Gasteiger partial charge in [0, 0.05) is 33.7 Å². The highest BCUT2D eigenvalue weighted by Gasteiger charge is 2.35. The number of benzene rings is 1. The number of amides is 1. The molecule has 1 aromatic rings. The van der Waals surface area contributed by atoms with Crippen molar-refractivity contribution >= 4 is 56.1 Å². The van der Waals surface area contributed by atoms with Crippen LogP contribution < -0.4 is 0 Å². The number of halogens is 1. The maximum atomic E-state index is 12.6. The molecule has 0 N–H and O–H groups in total. The van der Waals surface area contributed by atoms with Crippen LogP contribution in [0.3, 0.4) is 0 Å². The molecule has 8 heteroatoms. The molecule has 0 spiro atoms. The number of thiol groups is 1. The molecule has 1 unspecified atom stereocenters. The van der Waals surface area contributed by atoms with Gasteiger partial charge in [-0.15, -0.1) is 12.6 Å². The third-order valence-corrected chi connectivity index (χ3v) is 6.63. The van der Waals surface area contributed by atoms with E-state index >= 15 is 0 Å². The van der Waals surface area contributed by atoms with Crippen molar-refractivity contribution in [3.05, 3.63) is 28.2 Å². The van der Waals surface area contributed by atoms with Gasteiger partial charge in [-0.2, -0.15) is 11.8 Å². The fourth-order valence-electron chi connectivity index (χ4n) is 2.00. The summed E-state index contributed by atoms with van der Waals surface area (Å²) >= 11 is 9.11. The lowest BCUT2D eigenvalue weighted by molar-refractivity contribution is 0.0748. The van der Waals surface area contributed by atoms with Crippen LogP contribution in [0.15, 0.2) is 27.6 Å². The van der Waals surface area contributed by atoms with Crippen LogP contribution in [0.5, 0.6) is 0 Å². The minimum atomic E-state index is -3.30. The van der Waals surface area contributed by atoms with Crippen molar-refractivity contribution in [2.45, 2.75) is 10.3 Å². The van der Waals surface area contributed by atoms with E-state index in [4.69, 9.17) is 0 Å². The molecule has 1 fully saturated rings. The summed E-state index contributed by atoms with van der Waals surface area (Å²) < 4.78 is 24.3. The van der Waals surface area contributed by atoms with Crippen molar-refractivity contribution in [3.8, 4) is 0 Å². The summed E-state index contributed by atoms with van der Waals surface area (Å²) in [4.78, 5) is 14.7. The molecule has 110 valence electrons. The van der Waals surface area contributed by atoms with E-state index < -0.39 is 15.2 Å². The molecular weight excluding hydrogens is 382 g/mol. The van der Waals surface area contributed by atoms with Gasteiger partial charge in [-0.3, -0.25) is 4.79 Å². The van der Waals surface area contributed by atoms with Crippen LogP contribution in [0.4, 0.5) is 0 Å². The first-order valence-corrected chi connectivity index (χ1v) is 10.2. The van der Waals surface area contributed by atoms with Crippen molar-refractivity contribution < 1.29 is 13.2 Å². The Balaban J connectivity index is 2.37. The molecule has 4 nitrogen and oxygen atoms in total. The molecule has 0 aromatic heterocycles. The third kappa shape index (κ3) is 3.52. The van der Waals surface area contributed by atoms with Crippen LogP contribution in [-0.2, 0) is 9.84 Å². The summed E-state index contributed by atoms with van der Waals surface area (Å²) in [6.07, 6.45) is 1.17. The summed E-state index contributed by atoms with van der Waals surface area (Å²) in [6.45, 7) is 0.435. The Labute approximate surface area is 136 Å². The average Bonchev–Trinajstić information content (AvgIpc) is 2.40. The van der Waals surface area contributed by atoms with Crippen LogP contribution >= 0.6 is 40.3 Å². The Morgan fingerprint density at radius 2 is 2.20 bits per heavy atom. The number of carbonyl (C=O) groups excluding carboxylic acids is 1. The smallest absolute Gasteiger partial charge is 0.256 e. The molecule has 1 heterocycles. The molecular formula is C12H14BrNO3S3. The molecule has 1 amide bonds. The topological polar surface area (TPSA) is 54.5 Å². The van der Waals surface area contributed by atoms with Crippen molar-refractivity contribution in [3.63, 3.8) is 0 Å². The Morgan fingerprint density at radius 1 is 1.50 bits per heavy atom. The lowest BCUT2D eigenvalue weighted by Crippen LogP contribution is -2.50. The van der Waals surface area contributed by atoms with E-state index in [-0.39, 0.29) is 5.91 Å². The molecule has 1 saturated heterocycles. The first-order chi connectivity index (χ1) is 9.30. The molecule has 20 heavy (non-hydrogen) atoms. The number of sulfone groups is 1. The highest BCUT2D eigenvalue weighted by atomic mass is 79.9. The Morgan fingerprint density at radius 3 is 2.85 bits per heavy atom. The van der Waals surface area contributed by atoms with Crippen molar-refractivity contribution in [1.29, 1.82) is 0 Å². The van der Waals surface area contributed by atoms with E-state index in [1.807, 2.05) is 0 Å². The number of hydrogen-bond acceptors (Lipinski definition) is 5. The van der Waals surface area contributed by atoms with Gasteiger partial charge < -0.3 is 4.90 Å². The van der Waals surface area contributed by atoms with Gasteiger partial charge in [0.25, 0.3) is 5.91 Å².